The highest BCUT2D eigenvalue weighted by Crippen LogP contribution is 2.54. The number of nitrogens with one attached hydrogen (secondary N) is 1. The van der Waals surface area contributed by atoms with Crippen LogP contribution in [0.3, 0.4) is 0 Å². The Hall–Kier alpha value is -3.96. The van der Waals surface area contributed by atoms with Crippen molar-refractivity contribution in [2.75, 3.05) is 5.73 Å². The van der Waals surface area contributed by atoms with Crippen LogP contribution in [0.2, 0.25) is 0 Å². The molecule has 2 unspecified atom stereocenters. The third-order valence-corrected chi connectivity index (χ3v) is 6.94. The van der Waals surface area contributed by atoms with Crippen molar-refractivity contribution in [3.63, 3.8) is 0 Å². The van der Waals surface area contributed by atoms with Crippen molar-refractivity contribution in [1.82, 2.24) is 10.3 Å². The zero-order valence-electron chi connectivity index (χ0n) is 19.1. The van der Waals surface area contributed by atoms with Gasteiger partial charge < -0.3 is 15.8 Å². The van der Waals surface area contributed by atoms with E-state index >= 15 is 0 Å². The molecular formula is C29H25N3O2. The van der Waals surface area contributed by atoms with E-state index in [0.29, 0.717) is 17.9 Å². The third-order valence-electron chi connectivity index (χ3n) is 6.94. The lowest BCUT2D eigenvalue weighted by Gasteiger charge is -2.18. The van der Waals surface area contributed by atoms with Crippen LogP contribution < -0.4 is 11.1 Å². The van der Waals surface area contributed by atoms with Crippen molar-refractivity contribution in [2.24, 2.45) is 0 Å². The highest BCUT2D eigenvalue weighted by molar-refractivity contribution is 5.94. The SMILES string of the molecule is Cc1cc(N)nc(C)c1CNC(=O)c1ccc2c(c1)C1OC2c2cc(-c3ccccc3)ccc21. The van der Waals surface area contributed by atoms with Gasteiger partial charge in [-0.15, -0.1) is 0 Å². The number of hydrogen-bond acceptors (Lipinski definition) is 4. The zero-order valence-corrected chi connectivity index (χ0v) is 19.1. The predicted molar refractivity (Wildman–Crippen MR) is 132 cm³/mol. The highest BCUT2D eigenvalue weighted by atomic mass is 16.5. The summed E-state index contributed by atoms with van der Waals surface area (Å²) >= 11 is 0. The van der Waals surface area contributed by atoms with E-state index in [1.807, 2.05) is 44.2 Å². The molecule has 5 heteroatoms. The van der Waals surface area contributed by atoms with Crippen molar-refractivity contribution >= 4 is 11.7 Å². The van der Waals surface area contributed by atoms with Crippen LogP contribution in [-0.2, 0) is 11.3 Å². The van der Waals surface area contributed by atoms with E-state index in [1.165, 1.54) is 22.3 Å². The molecule has 0 aliphatic carbocycles. The number of nitrogens with two attached hydrogens (primary N) is 1. The maximum Gasteiger partial charge on any atom is 0.251 e. The summed E-state index contributed by atoms with van der Waals surface area (Å²) in [5.41, 5.74) is 16.3. The maximum absolute atomic E-state index is 13.0. The molecule has 2 aliphatic heterocycles. The maximum atomic E-state index is 13.0. The number of hydrogen-bond donors (Lipinski definition) is 2. The second-order valence-electron chi connectivity index (χ2n) is 9.06. The number of benzene rings is 3. The molecule has 3 aromatic carbocycles. The van der Waals surface area contributed by atoms with Crippen molar-refractivity contribution in [3.8, 4) is 11.1 Å². The average Bonchev–Trinajstić information content (AvgIpc) is 3.40. The molecule has 34 heavy (non-hydrogen) atoms. The lowest BCUT2D eigenvalue weighted by atomic mass is 9.84. The van der Waals surface area contributed by atoms with Gasteiger partial charge in [-0.1, -0.05) is 48.5 Å². The van der Waals surface area contributed by atoms with Crippen LogP contribution >= 0.6 is 0 Å². The summed E-state index contributed by atoms with van der Waals surface area (Å²) in [5.74, 6) is 0.385. The van der Waals surface area contributed by atoms with Crippen LogP contribution in [0, 0.1) is 13.8 Å². The summed E-state index contributed by atoms with van der Waals surface area (Å²) in [4.78, 5) is 17.3. The van der Waals surface area contributed by atoms with Gasteiger partial charge in [0.15, 0.2) is 0 Å². The predicted octanol–water partition coefficient (Wildman–Crippen LogP) is 5.40. The van der Waals surface area contributed by atoms with Gasteiger partial charge in [-0.2, -0.15) is 0 Å². The summed E-state index contributed by atoms with van der Waals surface area (Å²) in [6.45, 7) is 4.31. The quantitative estimate of drug-likeness (QED) is 0.439. The second kappa shape index (κ2) is 7.82. The van der Waals surface area contributed by atoms with Crippen molar-refractivity contribution < 1.29 is 9.53 Å². The molecule has 2 bridgehead atoms. The number of nitrogen functional groups attached to an aromatic ring is 1. The van der Waals surface area contributed by atoms with Crippen molar-refractivity contribution in [1.29, 1.82) is 0 Å². The molecule has 0 spiro atoms. The van der Waals surface area contributed by atoms with Crippen LogP contribution in [0.15, 0.2) is 72.8 Å². The minimum atomic E-state index is -0.127. The van der Waals surface area contributed by atoms with Crippen LogP contribution in [0.5, 0.6) is 0 Å². The second-order valence-corrected chi connectivity index (χ2v) is 9.06. The Morgan fingerprint density at radius 3 is 2.32 bits per heavy atom. The van der Waals surface area contributed by atoms with Crippen LogP contribution in [0.4, 0.5) is 5.82 Å². The van der Waals surface area contributed by atoms with Crippen LogP contribution in [0.1, 0.15) is 61.6 Å². The number of fused-ring (bicyclic) bond motifs is 8. The zero-order chi connectivity index (χ0) is 23.4. The van der Waals surface area contributed by atoms with E-state index in [-0.39, 0.29) is 18.1 Å². The number of aromatic nitrogens is 1. The summed E-state index contributed by atoms with van der Waals surface area (Å²) in [5, 5.41) is 3.04. The molecule has 2 aliphatic rings. The average molecular weight is 448 g/mol. The number of nitrogens with zero attached hydrogens (tertiary/aromatic N) is 1. The first-order valence-electron chi connectivity index (χ1n) is 11.5. The smallest absolute Gasteiger partial charge is 0.251 e. The molecule has 0 saturated carbocycles. The molecule has 3 N–H and O–H groups in total. The van der Waals surface area contributed by atoms with Crippen LogP contribution in [0.25, 0.3) is 11.1 Å². The normalized spacial score (nSPS) is 17.4. The van der Waals surface area contributed by atoms with Gasteiger partial charge in [0.1, 0.15) is 18.0 Å². The van der Waals surface area contributed by atoms with Crippen molar-refractivity contribution in [3.05, 3.63) is 117 Å². The van der Waals surface area contributed by atoms with Crippen molar-refractivity contribution in [2.45, 2.75) is 32.6 Å². The Labute approximate surface area is 198 Å². The number of aryl methyl sites for hydroxylation is 2. The number of amides is 1. The largest absolute Gasteiger partial charge is 0.384 e. The van der Waals surface area contributed by atoms with Crippen LogP contribution in [-0.4, -0.2) is 10.9 Å². The molecule has 0 saturated heterocycles. The summed E-state index contributed by atoms with van der Waals surface area (Å²) in [6, 6.07) is 24.7. The lowest BCUT2D eigenvalue weighted by molar-refractivity contribution is 0.0857. The molecule has 5 nitrogen and oxygen atoms in total. The van der Waals surface area contributed by atoms with E-state index in [4.69, 9.17) is 10.5 Å². The van der Waals surface area contributed by atoms with E-state index in [0.717, 1.165) is 27.9 Å². The van der Waals surface area contributed by atoms with E-state index in [9.17, 15) is 4.79 Å². The molecular weight excluding hydrogens is 422 g/mol. The number of pyridine rings is 1. The molecule has 0 fully saturated rings. The van der Waals surface area contributed by atoms with E-state index in [2.05, 4.69) is 52.8 Å². The molecule has 0 radical (unpaired) electrons. The first kappa shape index (κ1) is 20.6. The van der Waals surface area contributed by atoms with Gasteiger partial charge in [0, 0.05) is 17.8 Å². The third kappa shape index (κ3) is 3.28. The molecule has 6 rings (SSSR count). The fourth-order valence-electron chi connectivity index (χ4n) is 5.22. The molecule has 1 aromatic heterocycles. The van der Waals surface area contributed by atoms with Gasteiger partial charge in [0.25, 0.3) is 5.91 Å². The number of rotatable bonds is 4. The molecule has 3 heterocycles. The highest BCUT2D eigenvalue weighted by Gasteiger charge is 2.43. The fraction of sp³-hybridized carbons (Fsp3) is 0.172. The molecule has 4 aromatic rings. The summed E-state index contributed by atoms with van der Waals surface area (Å²) in [7, 11) is 0. The van der Waals surface area contributed by atoms with Gasteiger partial charge in [0.2, 0.25) is 0 Å². The number of carbonyl (C=O) groups is 1. The standard InChI is InChI=1S/C29H25N3O2/c1-16-12-26(30)32-17(2)25(16)15-31-29(33)20-9-11-22-24(14-20)28-21-10-8-19(13-23(21)27(22)34-28)18-6-4-3-5-7-18/h3-14,27-28H,15H2,1-2H3,(H2,30,32)(H,31,33). The Balaban J connectivity index is 1.24. The molecule has 168 valence electrons. The van der Waals surface area contributed by atoms with Gasteiger partial charge in [-0.3, -0.25) is 4.79 Å². The first-order valence-corrected chi connectivity index (χ1v) is 11.5. The van der Waals surface area contributed by atoms with Gasteiger partial charge in [0.05, 0.1) is 0 Å². The Morgan fingerprint density at radius 2 is 1.59 bits per heavy atom. The lowest BCUT2D eigenvalue weighted by Crippen LogP contribution is -2.24. The monoisotopic (exact) mass is 447 g/mol. The number of ether oxygens (including phenoxy) is 1. The fourth-order valence-corrected chi connectivity index (χ4v) is 5.22. The number of anilines is 1. The Kier molecular flexibility index (Phi) is 4.74. The summed E-state index contributed by atoms with van der Waals surface area (Å²) in [6.07, 6.45) is -0.208. The minimum absolute atomic E-state index is 0.0816. The minimum Gasteiger partial charge on any atom is -0.384 e. The topological polar surface area (TPSA) is 77.2 Å². The molecule has 1 amide bonds. The first-order chi connectivity index (χ1) is 16.5. The Morgan fingerprint density at radius 1 is 0.882 bits per heavy atom. The molecule has 2 atom stereocenters. The summed E-state index contributed by atoms with van der Waals surface area (Å²) < 4.78 is 6.36. The van der Waals surface area contributed by atoms with Gasteiger partial charge in [-0.05, 0) is 82.6 Å². The van der Waals surface area contributed by atoms with E-state index in [1.54, 1.807) is 0 Å². The van der Waals surface area contributed by atoms with Gasteiger partial charge in [-0.25, -0.2) is 4.98 Å². The number of carbonyl (C=O) groups excluding carboxylic acids is 1. The van der Waals surface area contributed by atoms with Gasteiger partial charge >= 0.3 is 0 Å². The Bertz CT molecular complexity index is 1420. The van der Waals surface area contributed by atoms with E-state index < -0.39 is 0 Å².